The summed E-state index contributed by atoms with van der Waals surface area (Å²) < 4.78 is 0. The fourth-order valence-corrected chi connectivity index (χ4v) is 3.97. The van der Waals surface area contributed by atoms with E-state index in [0.717, 1.165) is 11.8 Å². The number of rotatable bonds is 3. The summed E-state index contributed by atoms with van der Waals surface area (Å²) in [6.45, 7) is 1.21. The molecular formula is C17H23N. The first kappa shape index (κ1) is 11.0. The van der Waals surface area contributed by atoms with E-state index in [9.17, 15) is 0 Å². The second-order valence-corrected chi connectivity index (χ2v) is 6.53. The lowest BCUT2D eigenvalue weighted by atomic mass is 9.78. The van der Waals surface area contributed by atoms with Crippen molar-refractivity contribution in [3.8, 4) is 0 Å². The van der Waals surface area contributed by atoms with Crippen molar-refractivity contribution in [3.63, 3.8) is 0 Å². The molecule has 0 spiro atoms. The number of hydrogen-bond acceptors (Lipinski definition) is 1. The highest BCUT2D eigenvalue weighted by molar-refractivity contribution is 5.33. The van der Waals surface area contributed by atoms with E-state index in [1.807, 2.05) is 0 Å². The molecule has 0 radical (unpaired) electrons. The molecule has 4 rings (SSSR count). The standard InChI is InChI=1S/C17H23N/c1-3-13(4-1)14-5-7-15(8-6-14)17(16-9-10-16)11-2-12-18-17/h5-8,13,16,18H,1-4,9-12H2. The van der Waals surface area contributed by atoms with Crippen LogP contribution in [0.3, 0.4) is 0 Å². The lowest BCUT2D eigenvalue weighted by Crippen LogP contribution is -2.38. The summed E-state index contributed by atoms with van der Waals surface area (Å²) in [5.41, 5.74) is 3.48. The maximum Gasteiger partial charge on any atom is 0.0463 e. The van der Waals surface area contributed by atoms with Crippen LogP contribution in [-0.2, 0) is 5.54 Å². The van der Waals surface area contributed by atoms with Crippen molar-refractivity contribution in [2.24, 2.45) is 5.92 Å². The zero-order valence-corrected chi connectivity index (χ0v) is 11.1. The van der Waals surface area contributed by atoms with Gasteiger partial charge >= 0.3 is 0 Å². The SMILES string of the molecule is c1cc(C2(C3CC3)CCCN2)ccc1C1CCC1. The normalized spacial score (nSPS) is 32.4. The molecule has 0 bridgehead atoms. The molecule has 1 saturated heterocycles. The van der Waals surface area contributed by atoms with Gasteiger partial charge in [0.2, 0.25) is 0 Å². The third kappa shape index (κ3) is 1.64. The van der Waals surface area contributed by atoms with Gasteiger partial charge in [-0.2, -0.15) is 0 Å². The molecule has 96 valence electrons. The van der Waals surface area contributed by atoms with Crippen LogP contribution >= 0.6 is 0 Å². The molecule has 1 heteroatoms. The molecule has 2 aliphatic carbocycles. The predicted molar refractivity (Wildman–Crippen MR) is 74.7 cm³/mol. The van der Waals surface area contributed by atoms with Crippen LogP contribution in [0, 0.1) is 5.92 Å². The third-order valence-corrected chi connectivity index (χ3v) is 5.47. The lowest BCUT2D eigenvalue weighted by Gasteiger charge is -2.32. The average Bonchev–Trinajstić information content (AvgIpc) is 3.08. The minimum atomic E-state index is 0.345. The largest absolute Gasteiger partial charge is 0.307 e. The van der Waals surface area contributed by atoms with E-state index in [0.29, 0.717) is 5.54 Å². The van der Waals surface area contributed by atoms with Crippen LogP contribution in [-0.4, -0.2) is 6.54 Å². The summed E-state index contributed by atoms with van der Waals surface area (Å²) >= 11 is 0. The third-order valence-electron chi connectivity index (χ3n) is 5.47. The van der Waals surface area contributed by atoms with Crippen molar-refractivity contribution in [1.82, 2.24) is 5.32 Å². The van der Waals surface area contributed by atoms with Crippen LogP contribution in [0.2, 0.25) is 0 Å². The van der Waals surface area contributed by atoms with Crippen molar-refractivity contribution in [2.45, 2.75) is 56.4 Å². The maximum atomic E-state index is 3.82. The van der Waals surface area contributed by atoms with Crippen molar-refractivity contribution in [1.29, 1.82) is 0 Å². The summed E-state index contributed by atoms with van der Waals surface area (Å²) in [4.78, 5) is 0. The molecule has 1 atom stereocenters. The summed E-state index contributed by atoms with van der Waals surface area (Å²) in [6.07, 6.45) is 9.80. The Morgan fingerprint density at radius 3 is 2.22 bits per heavy atom. The topological polar surface area (TPSA) is 12.0 Å². The second-order valence-electron chi connectivity index (χ2n) is 6.53. The first-order valence-corrected chi connectivity index (χ1v) is 7.74. The molecular weight excluding hydrogens is 218 g/mol. The minimum absolute atomic E-state index is 0.345. The molecule has 0 amide bonds. The van der Waals surface area contributed by atoms with Crippen LogP contribution in [0.15, 0.2) is 24.3 Å². The Hall–Kier alpha value is -0.820. The fraction of sp³-hybridized carbons (Fsp3) is 0.647. The fourth-order valence-electron chi connectivity index (χ4n) is 3.97. The van der Waals surface area contributed by atoms with Gasteiger partial charge in [-0.15, -0.1) is 0 Å². The van der Waals surface area contributed by atoms with Gasteiger partial charge in [0.25, 0.3) is 0 Å². The van der Waals surface area contributed by atoms with E-state index in [1.165, 1.54) is 51.5 Å². The van der Waals surface area contributed by atoms with Crippen molar-refractivity contribution in [2.75, 3.05) is 6.54 Å². The Labute approximate surface area is 110 Å². The highest BCUT2D eigenvalue weighted by atomic mass is 15.0. The quantitative estimate of drug-likeness (QED) is 0.845. The predicted octanol–water partition coefficient (Wildman–Crippen LogP) is 3.94. The second kappa shape index (κ2) is 4.09. The summed E-state index contributed by atoms with van der Waals surface area (Å²) in [5.74, 6) is 1.78. The molecule has 1 heterocycles. The van der Waals surface area contributed by atoms with Crippen LogP contribution in [0.4, 0.5) is 0 Å². The van der Waals surface area contributed by atoms with Gasteiger partial charge in [-0.3, -0.25) is 0 Å². The molecule has 1 aliphatic heterocycles. The van der Waals surface area contributed by atoms with E-state index in [1.54, 1.807) is 11.1 Å². The van der Waals surface area contributed by atoms with E-state index < -0.39 is 0 Å². The molecule has 3 fully saturated rings. The highest BCUT2D eigenvalue weighted by Gasteiger charge is 2.47. The van der Waals surface area contributed by atoms with Crippen LogP contribution in [0.1, 0.15) is 62.0 Å². The smallest absolute Gasteiger partial charge is 0.0463 e. The highest BCUT2D eigenvalue weighted by Crippen LogP contribution is 2.50. The Kier molecular flexibility index (Phi) is 2.51. The van der Waals surface area contributed by atoms with E-state index in [4.69, 9.17) is 0 Å². The summed E-state index contributed by atoms with van der Waals surface area (Å²) in [7, 11) is 0. The molecule has 1 N–H and O–H groups in total. The molecule has 18 heavy (non-hydrogen) atoms. The molecule has 1 aromatic carbocycles. The minimum Gasteiger partial charge on any atom is -0.307 e. The van der Waals surface area contributed by atoms with Gasteiger partial charge in [0.05, 0.1) is 0 Å². The van der Waals surface area contributed by atoms with Crippen LogP contribution < -0.4 is 5.32 Å². The van der Waals surface area contributed by atoms with Crippen LogP contribution in [0.5, 0.6) is 0 Å². The zero-order chi connectivity index (χ0) is 12.0. The monoisotopic (exact) mass is 241 g/mol. The van der Waals surface area contributed by atoms with Crippen molar-refractivity contribution in [3.05, 3.63) is 35.4 Å². The van der Waals surface area contributed by atoms with Gasteiger partial charge in [0.1, 0.15) is 0 Å². The van der Waals surface area contributed by atoms with E-state index in [-0.39, 0.29) is 0 Å². The Morgan fingerprint density at radius 2 is 1.72 bits per heavy atom. The van der Waals surface area contributed by atoms with Gasteiger partial charge in [0.15, 0.2) is 0 Å². The number of benzene rings is 1. The van der Waals surface area contributed by atoms with Gasteiger partial charge in [0, 0.05) is 5.54 Å². The molecule has 2 saturated carbocycles. The Bertz CT molecular complexity index is 419. The van der Waals surface area contributed by atoms with Crippen molar-refractivity contribution >= 4 is 0 Å². The lowest BCUT2D eigenvalue weighted by molar-refractivity contribution is 0.336. The number of nitrogens with one attached hydrogen (secondary N) is 1. The number of hydrogen-bond donors (Lipinski definition) is 1. The van der Waals surface area contributed by atoms with Crippen molar-refractivity contribution < 1.29 is 0 Å². The van der Waals surface area contributed by atoms with Gasteiger partial charge in [-0.05, 0) is 68.0 Å². The molecule has 3 aliphatic rings. The Balaban J connectivity index is 1.62. The Morgan fingerprint density at radius 1 is 0.944 bits per heavy atom. The van der Waals surface area contributed by atoms with E-state index >= 15 is 0 Å². The first-order chi connectivity index (χ1) is 8.88. The molecule has 1 unspecified atom stereocenters. The summed E-state index contributed by atoms with van der Waals surface area (Å²) in [6, 6.07) is 9.65. The maximum absolute atomic E-state index is 3.82. The zero-order valence-electron chi connectivity index (χ0n) is 11.1. The summed E-state index contributed by atoms with van der Waals surface area (Å²) in [5, 5.41) is 3.82. The first-order valence-electron chi connectivity index (χ1n) is 7.74. The van der Waals surface area contributed by atoms with Gasteiger partial charge in [-0.25, -0.2) is 0 Å². The van der Waals surface area contributed by atoms with Gasteiger partial charge < -0.3 is 5.32 Å². The molecule has 1 aromatic rings. The average molecular weight is 241 g/mol. The van der Waals surface area contributed by atoms with Crippen LogP contribution in [0.25, 0.3) is 0 Å². The molecule has 0 aromatic heterocycles. The molecule has 1 nitrogen and oxygen atoms in total. The van der Waals surface area contributed by atoms with Gasteiger partial charge in [-0.1, -0.05) is 30.7 Å². The van der Waals surface area contributed by atoms with E-state index in [2.05, 4.69) is 29.6 Å².